The molecule has 234 valence electrons. The van der Waals surface area contributed by atoms with Gasteiger partial charge in [-0.25, -0.2) is 15.0 Å². The minimum absolute atomic E-state index is 0.482. The number of benzene rings is 7. The molecule has 2 heterocycles. The highest BCUT2D eigenvalue weighted by Gasteiger charge is 2.50. The average molecular weight is 640 g/mol. The Balaban J connectivity index is 1.12. The smallest absolute Gasteiger partial charge is 0.164 e. The maximum atomic E-state index is 6.77. The van der Waals surface area contributed by atoms with Gasteiger partial charge >= 0.3 is 0 Å². The molecule has 1 aromatic heterocycles. The summed E-state index contributed by atoms with van der Waals surface area (Å²) in [4.78, 5) is 14.8. The molecule has 7 aromatic carbocycles. The molecule has 50 heavy (non-hydrogen) atoms. The van der Waals surface area contributed by atoms with Crippen LogP contribution in [0.1, 0.15) is 22.3 Å². The third-order valence-electron chi connectivity index (χ3n) is 10.0. The Morgan fingerprint density at radius 1 is 0.320 bits per heavy atom. The Morgan fingerprint density at radius 3 is 1.42 bits per heavy atom. The van der Waals surface area contributed by atoms with Gasteiger partial charge in [0, 0.05) is 27.8 Å². The number of ether oxygens (including phenoxy) is 1. The molecule has 10 rings (SSSR count). The number of para-hydroxylation sites is 1. The third kappa shape index (κ3) is 4.28. The van der Waals surface area contributed by atoms with Crippen LogP contribution in [0.5, 0.6) is 11.5 Å². The largest absolute Gasteiger partial charge is 0.457 e. The van der Waals surface area contributed by atoms with Crippen LogP contribution in [0.25, 0.3) is 56.4 Å². The van der Waals surface area contributed by atoms with E-state index in [4.69, 9.17) is 19.7 Å². The van der Waals surface area contributed by atoms with Crippen molar-refractivity contribution in [1.82, 2.24) is 15.0 Å². The van der Waals surface area contributed by atoms with Crippen LogP contribution in [0.15, 0.2) is 176 Å². The molecular weight excluding hydrogens is 611 g/mol. The van der Waals surface area contributed by atoms with Gasteiger partial charge in [-0.1, -0.05) is 158 Å². The first-order chi connectivity index (χ1) is 24.8. The Hall–Kier alpha value is -6.65. The van der Waals surface area contributed by atoms with E-state index in [9.17, 15) is 0 Å². The van der Waals surface area contributed by atoms with Crippen molar-refractivity contribution in [3.63, 3.8) is 0 Å². The average Bonchev–Trinajstić information content (AvgIpc) is 3.49. The van der Waals surface area contributed by atoms with Gasteiger partial charge in [-0.05, 0) is 51.6 Å². The number of hydrogen-bond acceptors (Lipinski definition) is 4. The zero-order chi connectivity index (χ0) is 33.1. The topological polar surface area (TPSA) is 47.9 Å². The molecule has 0 fully saturated rings. The molecule has 1 aliphatic heterocycles. The molecular formula is C46H29N3O. The standard InChI is InChI=1S/C46H29N3O/c1-3-14-30(15-4-1)43-47-44(31-16-5-2-6-17-31)49-45(48-43)34-19-13-18-32(28-34)33-26-27-40-42(29-33)50-41-25-12-11-24-39(41)46(40)37-22-9-7-20-35(37)36-21-8-10-23-38(36)46/h1-29H. The normalized spacial score (nSPS) is 13.1. The van der Waals surface area contributed by atoms with Crippen LogP contribution in [0.3, 0.4) is 0 Å². The summed E-state index contributed by atoms with van der Waals surface area (Å²) >= 11 is 0. The van der Waals surface area contributed by atoms with Gasteiger partial charge in [0.2, 0.25) is 0 Å². The van der Waals surface area contributed by atoms with E-state index in [0.29, 0.717) is 17.5 Å². The van der Waals surface area contributed by atoms with Crippen LogP contribution in [0.4, 0.5) is 0 Å². The lowest BCUT2D eigenvalue weighted by Crippen LogP contribution is -2.32. The molecule has 0 saturated heterocycles. The lowest BCUT2D eigenvalue weighted by atomic mass is 9.66. The summed E-state index contributed by atoms with van der Waals surface area (Å²) < 4.78 is 6.77. The summed E-state index contributed by atoms with van der Waals surface area (Å²) in [5.74, 6) is 3.65. The molecule has 4 nitrogen and oxygen atoms in total. The lowest BCUT2D eigenvalue weighted by molar-refractivity contribution is 0.436. The maximum Gasteiger partial charge on any atom is 0.164 e. The van der Waals surface area contributed by atoms with Crippen molar-refractivity contribution in [2.45, 2.75) is 5.41 Å². The fourth-order valence-corrected chi connectivity index (χ4v) is 7.82. The molecule has 0 bridgehead atoms. The van der Waals surface area contributed by atoms with E-state index in [-0.39, 0.29) is 0 Å². The van der Waals surface area contributed by atoms with Crippen molar-refractivity contribution in [2.24, 2.45) is 0 Å². The van der Waals surface area contributed by atoms with E-state index in [1.54, 1.807) is 0 Å². The van der Waals surface area contributed by atoms with Crippen LogP contribution in [0, 0.1) is 0 Å². The molecule has 0 saturated carbocycles. The van der Waals surface area contributed by atoms with Gasteiger partial charge in [0.25, 0.3) is 0 Å². The van der Waals surface area contributed by atoms with Crippen LogP contribution < -0.4 is 4.74 Å². The molecule has 2 aliphatic rings. The number of aromatic nitrogens is 3. The fraction of sp³-hybridized carbons (Fsp3) is 0.0217. The minimum atomic E-state index is -0.482. The first-order valence-electron chi connectivity index (χ1n) is 16.9. The van der Waals surface area contributed by atoms with Gasteiger partial charge in [0.15, 0.2) is 17.5 Å². The van der Waals surface area contributed by atoms with Crippen LogP contribution in [-0.4, -0.2) is 15.0 Å². The zero-order valence-corrected chi connectivity index (χ0v) is 27.0. The lowest BCUT2D eigenvalue weighted by Gasteiger charge is -2.39. The van der Waals surface area contributed by atoms with Crippen molar-refractivity contribution >= 4 is 0 Å². The summed E-state index contributed by atoms with van der Waals surface area (Å²) in [6, 6.07) is 61.3. The minimum Gasteiger partial charge on any atom is -0.457 e. The van der Waals surface area contributed by atoms with Gasteiger partial charge in [-0.15, -0.1) is 0 Å². The van der Waals surface area contributed by atoms with E-state index in [1.165, 1.54) is 22.3 Å². The number of rotatable bonds is 4. The van der Waals surface area contributed by atoms with Gasteiger partial charge in [-0.3, -0.25) is 0 Å². The second-order valence-electron chi connectivity index (χ2n) is 12.8. The monoisotopic (exact) mass is 639 g/mol. The Bertz CT molecular complexity index is 2480. The maximum absolute atomic E-state index is 6.77. The van der Waals surface area contributed by atoms with E-state index >= 15 is 0 Å². The summed E-state index contributed by atoms with van der Waals surface area (Å²) in [7, 11) is 0. The van der Waals surface area contributed by atoms with Crippen molar-refractivity contribution in [2.75, 3.05) is 0 Å². The molecule has 1 aliphatic carbocycles. The van der Waals surface area contributed by atoms with E-state index < -0.39 is 5.41 Å². The second kappa shape index (κ2) is 11.2. The van der Waals surface area contributed by atoms with E-state index in [2.05, 4.69) is 115 Å². The molecule has 0 atom stereocenters. The second-order valence-corrected chi connectivity index (χ2v) is 12.8. The van der Waals surface area contributed by atoms with Gasteiger partial charge in [0.05, 0.1) is 5.41 Å². The first-order valence-corrected chi connectivity index (χ1v) is 16.9. The SMILES string of the molecule is c1ccc(-c2nc(-c3ccccc3)nc(-c3cccc(-c4ccc5c(c4)Oc4ccccc4C54c5ccccc5-c5ccccc54)c3)n2)cc1. The molecule has 0 radical (unpaired) electrons. The number of nitrogens with zero attached hydrogens (tertiary/aromatic N) is 3. The third-order valence-corrected chi connectivity index (χ3v) is 10.0. The van der Waals surface area contributed by atoms with Gasteiger partial charge < -0.3 is 4.74 Å². The molecule has 1 spiro atoms. The highest BCUT2D eigenvalue weighted by molar-refractivity contribution is 5.89. The van der Waals surface area contributed by atoms with Crippen molar-refractivity contribution in [3.8, 4) is 67.9 Å². The van der Waals surface area contributed by atoms with Crippen molar-refractivity contribution in [1.29, 1.82) is 0 Å². The van der Waals surface area contributed by atoms with Crippen LogP contribution >= 0.6 is 0 Å². The predicted octanol–water partition coefficient (Wildman–Crippen LogP) is 11.0. The predicted molar refractivity (Wildman–Crippen MR) is 199 cm³/mol. The van der Waals surface area contributed by atoms with Crippen molar-refractivity contribution < 1.29 is 4.74 Å². The van der Waals surface area contributed by atoms with Gasteiger partial charge in [0.1, 0.15) is 11.5 Å². The Kier molecular flexibility index (Phi) is 6.36. The number of fused-ring (bicyclic) bond motifs is 9. The van der Waals surface area contributed by atoms with E-state index in [1.807, 2.05) is 60.7 Å². The quantitative estimate of drug-likeness (QED) is 0.192. The highest BCUT2D eigenvalue weighted by Crippen LogP contribution is 2.62. The Labute approximate surface area is 290 Å². The van der Waals surface area contributed by atoms with E-state index in [0.717, 1.165) is 50.4 Å². The first kappa shape index (κ1) is 28.4. The summed E-state index contributed by atoms with van der Waals surface area (Å²) in [6.45, 7) is 0. The van der Waals surface area contributed by atoms with Crippen molar-refractivity contribution in [3.05, 3.63) is 198 Å². The molecule has 8 aromatic rings. The fourth-order valence-electron chi connectivity index (χ4n) is 7.82. The summed E-state index contributed by atoms with van der Waals surface area (Å²) in [5.41, 5.74) is 11.8. The zero-order valence-electron chi connectivity index (χ0n) is 27.0. The van der Waals surface area contributed by atoms with Gasteiger partial charge in [-0.2, -0.15) is 0 Å². The van der Waals surface area contributed by atoms with Crippen LogP contribution in [-0.2, 0) is 5.41 Å². The summed E-state index contributed by atoms with van der Waals surface area (Å²) in [5, 5.41) is 0. The summed E-state index contributed by atoms with van der Waals surface area (Å²) in [6.07, 6.45) is 0. The molecule has 0 N–H and O–H groups in total. The molecule has 0 amide bonds. The molecule has 4 heteroatoms. The molecule has 0 unspecified atom stereocenters. The number of hydrogen-bond donors (Lipinski definition) is 0. The Morgan fingerprint density at radius 2 is 0.780 bits per heavy atom. The van der Waals surface area contributed by atoms with Crippen LogP contribution in [0.2, 0.25) is 0 Å². The highest BCUT2D eigenvalue weighted by atomic mass is 16.5.